The van der Waals surface area contributed by atoms with E-state index in [1.54, 1.807) is 12.5 Å². The van der Waals surface area contributed by atoms with Gasteiger partial charge in [-0.05, 0) is 88.0 Å². The number of hydrogen-bond acceptors (Lipinski definition) is 7. The SMILES string of the molecule is c1ccc(N2c3cccc4c3B(c3cc5c6c(oc5cc3O4)Oc3cccc4c3B6c3ccoc3N4c3ccccc3)c3ccoc32)cc1. The van der Waals surface area contributed by atoms with Gasteiger partial charge < -0.3 is 22.7 Å². The summed E-state index contributed by atoms with van der Waals surface area (Å²) >= 11 is 0. The van der Waals surface area contributed by atoms with Crippen molar-refractivity contribution in [2.45, 2.75) is 0 Å². The highest BCUT2D eigenvalue weighted by molar-refractivity contribution is 7.01. The van der Waals surface area contributed by atoms with Gasteiger partial charge in [-0.1, -0.05) is 54.6 Å². The van der Waals surface area contributed by atoms with Gasteiger partial charge in [0.15, 0.2) is 11.8 Å². The van der Waals surface area contributed by atoms with Gasteiger partial charge in [0.25, 0.3) is 19.4 Å². The summed E-state index contributed by atoms with van der Waals surface area (Å²) in [5.41, 5.74) is 11.2. The van der Waals surface area contributed by atoms with Crippen molar-refractivity contribution in [1.82, 2.24) is 0 Å². The molecule has 0 spiro atoms. The zero-order valence-corrected chi connectivity index (χ0v) is 25.8. The Hall–Kier alpha value is -6.47. The molecule has 5 aromatic carbocycles. The lowest BCUT2D eigenvalue weighted by Gasteiger charge is -2.37. The van der Waals surface area contributed by atoms with Crippen LogP contribution in [0, 0.1) is 0 Å². The van der Waals surface area contributed by atoms with E-state index in [-0.39, 0.29) is 13.4 Å². The van der Waals surface area contributed by atoms with Gasteiger partial charge >= 0.3 is 0 Å². The van der Waals surface area contributed by atoms with Crippen LogP contribution in [0.4, 0.5) is 34.5 Å². The highest BCUT2D eigenvalue weighted by Gasteiger charge is 2.48. The Balaban J connectivity index is 1.08. The quantitative estimate of drug-likeness (QED) is 0.204. The van der Waals surface area contributed by atoms with Gasteiger partial charge in [0.1, 0.15) is 22.8 Å². The molecule has 7 heterocycles. The van der Waals surface area contributed by atoms with Gasteiger partial charge in [-0.2, -0.15) is 0 Å². The van der Waals surface area contributed by atoms with Crippen LogP contribution >= 0.6 is 0 Å². The Bertz CT molecular complexity index is 2650. The van der Waals surface area contributed by atoms with Gasteiger partial charge in [0.2, 0.25) is 0 Å². The number of para-hydroxylation sites is 2. The average molecular weight is 632 g/mol. The number of ether oxygens (including phenoxy) is 2. The molecule has 0 saturated carbocycles. The molecule has 4 aliphatic heterocycles. The minimum Gasteiger partial charge on any atom is -0.458 e. The molecule has 0 aliphatic carbocycles. The van der Waals surface area contributed by atoms with E-state index in [9.17, 15) is 0 Å². The third kappa shape index (κ3) is 3.24. The minimum absolute atomic E-state index is 0.101. The first kappa shape index (κ1) is 25.6. The van der Waals surface area contributed by atoms with Crippen LogP contribution in [0.3, 0.4) is 0 Å². The van der Waals surface area contributed by atoms with E-state index in [1.807, 2.05) is 66.7 Å². The maximum absolute atomic E-state index is 6.71. The van der Waals surface area contributed by atoms with Gasteiger partial charge in [-0.3, -0.25) is 9.80 Å². The smallest absolute Gasteiger partial charge is 0.285 e. The summed E-state index contributed by atoms with van der Waals surface area (Å²) in [6, 6.07) is 41.5. The summed E-state index contributed by atoms with van der Waals surface area (Å²) in [7, 11) is 0. The van der Waals surface area contributed by atoms with Crippen LogP contribution in [-0.4, -0.2) is 13.4 Å². The minimum atomic E-state index is -0.153. The van der Waals surface area contributed by atoms with Crippen molar-refractivity contribution in [3.63, 3.8) is 0 Å². The van der Waals surface area contributed by atoms with Crippen molar-refractivity contribution in [1.29, 1.82) is 0 Å². The first-order valence-electron chi connectivity index (χ1n) is 16.4. The largest absolute Gasteiger partial charge is 0.458 e. The molecule has 0 N–H and O–H groups in total. The molecule has 9 heteroatoms. The van der Waals surface area contributed by atoms with Crippen LogP contribution in [0.5, 0.6) is 23.2 Å². The van der Waals surface area contributed by atoms with Gasteiger partial charge in [-0.15, -0.1) is 0 Å². The monoisotopic (exact) mass is 632 g/mol. The fourth-order valence-electron chi connectivity index (χ4n) is 8.48. The van der Waals surface area contributed by atoms with Crippen LogP contribution in [0.1, 0.15) is 0 Å². The normalized spacial score (nSPS) is 14.3. The predicted molar refractivity (Wildman–Crippen MR) is 192 cm³/mol. The van der Waals surface area contributed by atoms with Crippen molar-refractivity contribution in [2.24, 2.45) is 0 Å². The molecular weight excluding hydrogens is 610 g/mol. The van der Waals surface area contributed by atoms with Crippen LogP contribution in [0.25, 0.3) is 11.0 Å². The molecule has 0 radical (unpaired) electrons. The summed E-state index contributed by atoms with van der Waals surface area (Å²) in [6.45, 7) is -0.255. The Morgan fingerprint density at radius 2 is 1.06 bits per heavy atom. The summed E-state index contributed by atoms with van der Waals surface area (Å²) in [4.78, 5) is 4.36. The van der Waals surface area contributed by atoms with E-state index in [0.717, 1.165) is 89.9 Å². The maximum Gasteiger partial charge on any atom is 0.285 e. The fraction of sp³-hybridized carbons (Fsp3) is 0. The lowest BCUT2D eigenvalue weighted by Crippen LogP contribution is -2.60. The number of anilines is 6. The first-order valence-corrected chi connectivity index (χ1v) is 16.4. The number of rotatable bonds is 2. The van der Waals surface area contributed by atoms with Crippen molar-refractivity contribution < 1.29 is 22.7 Å². The predicted octanol–water partition coefficient (Wildman–Crippen LogP) is 6.43. The second-order valence-corrected chi connectivity index (χ2v) is 12.8. The topological polar surface area (TPSA) is 64.4 Å². The third-order valence-corrected chi connectivity index (χ3v) is 10.4. The summed E-state index contributed by atoms with van der Waals surface area (Å²) in [5, 5.41) is 0.986. The lowest BCUT2D eigenvalue weighted by molar-refractivity contribution is 0.364. The van der Waals surface area contributed by atoms with Crippen molar-refractivity contribution >= 4 is 91.7 Å². The average Bonchev–Trinajstić information content (AvgIpc) is 3.90. The zero-order valence-electron chi connectivity index (χ0n) is 25.8. The Morgan fingerprint density at radius 3 is 1.71 bits per heavy atom. The van der Waals surface area contributed by atoms with Crippen LogP contribution in [0.15, 0.2) is 147 Å². The number of fused-ring (bicyclic) bond motifs is 10. The molecule has 0 fully saturated rings. The summed E-state index contributed by atoms with van der Waals surface area (Å²) in [6.07, 6.45) is 3.56. The fourth-order valence-corrected chi connectivity index (χ4v) is 8.48. The van der Waals surface area contributed by atoms with Gasteiger partial charge in [0, 0.05) is 39.7 Å². The number of benzene rings is 5. The second-order valence-electron chi connectivity index (χ2n) is 12.8. The maximum atomic E-state index is 6.71. The van der Waals surface area contributed by atoms with Crippen LogP contribution in [0.2, 0.25) is 0 Å². The van der Waals surface area contributed by atoms with Crippen molar-refractivity contribution in [3.05, 3.63) is 134 Å². The van der Waals surface area contributed by atoms with Crippen LogP contribution in [-0.2, 0) is 0 Å². The van der Waals surface area contributed by atoms with Crippen molar-refractivity contribution in [3.8, 4) is 23.2 Å². The van der Waals surface area contributed by atoms with E-state index in [4.69, 9.17) is 22.7 Å². The number of hydrogen-bond donors (Lipinski definition) is 0. The zero-order chi connectivity index (χ0) is 31.8. The first-order chi connectivity index (χ1) is 24.3. The highest BCUT2D eigenvalue weighted by atomic mass is 16.6. The van der Waals surface area contributed by atoms with E-state index in [0.29, 0.717) is 11.5 Å². The van der Waals surface area contributed by atoms with E-state index in [1.165, 1.54) is 0 Å². The van der Waals surface area contributed by atoms with E-state index in [2.05, 4.69) is 64.4 Å². The molecule has 3 aromatic heterocycles. The third-order valence-electron chi connectivity index (χ3n) is 10.4. The molecule has 0 unspecified atom stereocenters. The van der Waals surface area contributed by atoms with Crippen molar-refractivity contribution in [2.75, 3.05) is 9.80 Å². The summed E-state index contributed by atoms with van der Waals surface area (Å²) < 4.78 is 32.4. The molecule has 228 valence electrons. The Morgan fingerprint density at radius 1 is 0.469 bits per heavy atom. The Labute approximate surface area is 280 Å². The Kier molecular flexibility index (Phi) is 4.76. The molecule has 0 saturated heterocycles. The molecule has 49 heavy (non-hydrogen) atoms. The number of furan rings is 3. The molecule has 0 bridgehead atoms. The van der Waals surface area contributed by atoms with Crippen LogP contribution < -0.4 is 52.1 Å². The molecule has 0 amide bonds. The van der Waals surface area contributed by atoms with E-state index < -0.39 is 0 Å². The molecule has 7 nitrogen and oxygen atoms in total. The number of nitrogens with zero attached hydrogens (tertiary/aromatic N) is 2. The van der Waals surface area contributed by atoms with Gasteiger partial charge in [-0.25, -0.2) is 0 Å². The van der Waals surface area contributed by atoms with Gasteiger partial charge in [0.05, 0.1) is 12.5 Å². The highest BCUT2D eigenvalue weighted by Crippen LogP contribution is 2.44. The molecule has 8 aromatic rings. The van der Waals surface area contributed by atoms with E-state index >= 15 is 0 Å². The molecule has 12 rings (SSSR count). The molecule has 0 atom stereocenters. The lowest BCUT2D eigenvalue weighted by atomic mass is 9.33. The molecular formula is C40H22B2N2O5. The second kappa shape index (κ2) is 9.11. The molecule has 4 aliphatic rings. The summed E-state index contributed by atoms with van der Waals surface area (Å²) in [5.74, 6) is 4.45. The standard InChI is InChI=1S/C40H22B2N2O5/c1-3-9-23(10-4-1)43-29-13-7-15-31-36(29)41(26-17-19-45-38(26)43)28-21-25-33(22-34(28)47-31)49-40-35(25)42-27-18-20-46-39(27)44(24-11-5-2-6-12-24)30-14-8-16-32(48-40)37(30)42/h1-22H.